The zero-order valence-electron chi connectivity index (χ0n) is 9.62. The number of hydrogen-bond donors (Lipinski definition) is 1. The van der Waals surface area contributed by atoms with Crippen molar-refractivity contribution >= 4 is 13.5 Å². The van der Waals surface area contributed by atoms with Crippen molar-refractivity contribution in [2.45, 2.75) is 26.7 Å². The molecule has 90 valence electrons. The van der Waals surface area contributed by atoms with E-state index in [4.69, 9.17) is 9.26 Å². The highest BCUT2D eigenvalue weighted by molar-refractivity contribution is 7.56. The molecule has 0 radical (unpaired) electrons. The largest absolute Gasteiger partial charge is 0.466 e. The topological polar surface area (TPSA) is 64.6 Å². The van der Waals surface area contributed by atoms with Crippen molar-refractivity contribution in [1.82, 2.24) is 5.09 Å². The van der Waals surface area contributed by atoms with Crippen LogP contribution in [0.5, 0.6) is 0 Å². The molecule has 0 saturated carbocycles. The molecule has 1 atom stereocenters. The van der Waals surface area contributed by atoms with Crippen molar-refractivity contribution in [3.8, 4) is 0 Å². The molecule has 0 aliphatic heterocycles. The summed E-state index contributed by atoms with van der Waals surface area (Å²) in [6, 6.07) is 0. The zero-order chi connectivity index (χ0) is 11.7. The highest BCUT2D eigenvalue weighted by Crippen LogP contribution is 2.36. The monoisotopic (exact) mass is 237 g/mol. The van der Waals surface area contributed by atoms with Gasteiger partial charge in [0.15, 0.2) is 0 Å². The van der Waals surface area contributed by atoms with E-state index < -0.39 is 7.52 Å². The second-order valence-electron chi connectivity index (χ2n) is 3.14. The van der Waals surface area contributed by atoms with Gasteiger partial charge in [0, 0.05) is 13.2 Å². The molecule has 1 unspecified atom stereocenters. The summed E-state index contributed by atoms with van der Waals surface area (Å²) in [5.74, 6) is -0.291. The van der Waals surface area contributed by atoms with Gasteiger partial charge in [-0.1, -0.05) is 6.92 Å². The summed E-state index contributed by atoms with van der Waals surface area (Å²) in [6.07, 6.45) is 1.03. The van der Waals surface area contributed by atoms with Gasteiger partial charge in [0.2, 0.25) is 0 Å². The molecular formula is C9H20NO4P. The number of esters is 1. The molecule has 0 bridgehead atoms. The van der Waals surface area contributed by atoms with E-state index in [1.54, 1.807) is 6.92 Å². The molecule has 0 aliphatic carbocycles. The Bertz CT molecular complexity index is 232. The minimum atomic E-state index is -2.74. The van der Waals surface area contributed by atoms with E-state index in [1.165, 1.54) is 6.66 Å². The Balaban J connectivity index is 3.65. The molecule has 0 aromatic carbocycles. The van der Waals surface area contributed by atoms with Gasteiger partial charge in [0.1, 0.15) is 0 Å². The molecule has 1 N–H and O–H groups in total. The van der Waals surface area contributed by atoms with Crippen LogP contribution in [0.4, 0.5) is 0 Å². The lowest BCUT2D eigenvalue weighted by Crippen LogP contribution is -2.18. The van der Waals surface area contributed by atoms with Crippen molar-refractivity contribution in [1.29, 1.82) is 0 Å². The second kappa shape index (κ2) is 7.85. The Hall–Kier alpha value is -0.380. The zero-order valence-corrected chi connectivity index (χ0v) is 10.5. The van der Waals surface area contributed by atoms with Crippen molar-refractivity contribution < 1.29 is 18.6 Å². The fourth-order valence-corrected chi connectivity index (χ4v) is 2.05. The first kappa shape index (κ1) is 14.6. The molecule has 0 heterocycles. The molecule has 0 amide bonds. The fraction of sp³-hybridized carbons (Fsp3) is 0.889. The summed E-state index contributed by atoms with van der Waals surface area (Å²) in [5.41, 5.74) is 0. The summed E-state index contributed by atoms with van der Waals surface area (Å²) in [7, 11) is -2.74. The Kier molecular flexibility index (Phi) is 7.65. The standard InChI is InChI=1S/C9H20NO4P/c1-4-8-14-15(3,12)10-7-6-9(11)13-5-2/h4-8H2,1-3H3,(H,10,12). The van der Waals surface area contributed by atoms with Gasteiger partial charge in [0.05, 0.1) is 19.6 Å². The molecule has 0 spiro atoms. The Morgan fingerprint density at radius 2 is 2.07 bits per heavy atom. The van der Waals surface area contributed by atoms with E-state index in [0.717, 1.165) is 6.42 Å². The van der Waals surface area contributed by atoms with Gasteiger partial charge in [-0.15, -0.1) is 0 Å². The third kappa shape index (κ3) is 8.60. The van der Waals surface area contributed by atoms with Crippen LogP contribution in [0.1, 0.15) is 26.7 Å². The molecule has 0 aromatic heterocycles. The van der Waals surface area contributed by atoms with Crippen LogP contribution in [0, 0.1) is 0 Å². The van der Waals surface area contributed by atoms with E-state index in [0.29, 0.717) is 19.8 Å². The van der Waals surface area contributed by atoms with Crippen LogP contribution in [-0.2, 0) is 18.6 Å². The number of ether oxygens (including phenoxy) is 1. The van der Waals surface area contributed by atoms with Crippen LogP contribution >= 0.6 is 7.52 Å². The van der Waals surface area contributed by atoms with Gasteiger partial charge in [-0.25, -0.2) is 5.09 Å². The van der Waals surface area contributed by atoms with E-state index in [1.807, 2.05) is 6.92 Å². The van der Waals surface area contributed by atoms with Crippen molar-refractivity contribution in [3.05, 3.63) is 0 Å². The molecule has 0 aromatic rings. The van der Waals surface area contributed by atoms with Crippen LogP contribution < -0.4 is 5.09 Å². The molecular weight excluding hydrogens is 217 g/mol. The fourth-order valence-electron chi connectivity index (χ4n) is 0.905. The Morgan fingerprint density at radius 3 is 2.60 bits per heavy atom. The maximum atomic E-state index is 11.6. The number of carbonyl (C=O) groups is 1. The minimum absolute atomic E-state index is 0.209. The van der Waals surface area contributed by atoms with Crippen LogP contribution in [0.15, 0.2) is 0 Å². The van der Waals surface area contributed by atoms with Crippen molar-refractivity contribution in [2.75, 3.05) is 26.4 Å². The molecule has 0 aliphatic rings. The lowest BCUT2D eigenvalue weighted by atomic mass is 10.4. The van der Waals surface area contributed by atoms with Gasteiger partial charge in [-0.3, -0.25) is 9.36 Å². The maximum absolute atomic E-state index is 11.6. The normalized spacial score (nSPS) is 14.6. The third-order valence-corrected chi connectivity index (χ3v) is 3.05. The first-order valence-corrected chi connectivity index (χ1v) is 7.21. The average molecular weight is 237 g/mol. The van der Waals surface area contributed by atoms with Gasteiger partial charge in [-0.2, -0.15) is 0 Å². The highest BCUT2D eigenvalue weighted by Gasteiger charge is 2.14. The number of nitrogens with one attached hydrogen (secondary N) is 1. The van der Waals surface area contributed by atoms with E-state index >= 15 is 0 Å². The lowest BCUT2D eigenvalue weighted by Gasteiger charge is -2.14. The number of carbonyl (C=O) groups excluding carboxylic acids is 1. The maximum Gasteiger partial charge on any atom is 0.307 e. The minimum Gasteiger partial charge on any atom is -0.466 e. The van der Waals surface area contributed by atoms with E-state index in [2.05, 4.69) is 5.09 Å². The van der Waals surface area contributed by atoms with Gasteiger partial charge < -0.3 is 9.26 Å². The molecule has 0 fully saturated rings. The SMILES string of the molecule is CCCOP(C)(=O)NCCC(=O)OCC. The first-order valence-electron chi connectivity index (χ1n) is 5.14. The Morgan fingerprint density at radius 1 is 1.40 bits per heavy atom. The smallest absolute Gasteiger partial charge is 0.307 e. The van der Waals surface area contributed by atoms with E-state index in [-0.39, 0.29) is 12.4 Å². The summed E-state index contributed by atoms with van der Waals surface area (Å²) in [4.78, 5) is 11.0. The molecule has 0 saturated heterocycles. The second-order valence-corrected chi connectivity index (χ2v) is 5.41. The molecule has 15 heavy (non-hydrogen) atoms. The molecule has 0 rings (SSSR count). The summed E-state index contributed by atoms with van der Waals surface area (Å²) >= 11 is 0. The average Bonchev–Trinajstić information content (AvgIpc) is 2.15. The van der Waals surface area contributed by atoms with Crippen molar-refractivity contribution in [2.24, 2.45) is 0 Å². The summed E-state index contributed by atoms with van der Waals surface area (Å²) < 4.78 is 21.5. The summed E-state index contributed by atoms with van der Waals surface area (Å²) in [6.45, 7) is 6.35. The van der Waals surface area contributed by atoms with Gasteiger partial charge >= 0.3 is 5.97 Å². The van der Waals surface area contributed by atoms with Crippen LogP contribution in [-0.4, -0.2) is 32.4 Å². The number of rotatable bonds is 8. The van der Waals surface area contributed by atoms with Crippen LogP contribution in [0.3, 0.4) is 0 Å². The summed E-state index contributed by atoms with van der Waals surface area (Å²) in [5, 5.41) is 2.72. The quantitative estimate of drug-likeness (QED) is 0.515. The van der Waals surface area contributed by atoms with Gasteiger partial charge in [0.25, 0.3) is 7.52 Å². The lowest BCUT2D eigenvalue weighted by molar-refractivity contribution is -0.142. The van der Waals surface area contributed by atoms with Crippen LogP contribution in [0.25, 0.3) is 0 Å². The van der Waals surface area contributed by atoms with Crippen molar-refractivity contribution in [3.63, 3.8) is 0 Å². The van der Waals surface area contributed by atoms with Crippen LogP contribution in [0.2, 0.25) is 0 Å². The molecule has 6 heteroatoms. The Labute approximate surface area is 91.0 Å². The predicted molar refractivity (Wildman–Crippen MR) is 59.0 cm³/mol. The number of hydrogen-bond acceptors (Lipinski definition) is 4. The predicted octanol–water partition coefficient (Wildman–Crippen LogP) is 1.78. The van der Waals surface area contributed by atoms with Gasteiger partial charge in [-0.05, 0) is 13.3 Å². The third-order valence-electron chi connectivity index (χ3n) is 1.58. The van der Waals surface area contributed by atoms with E-state index in [9.17, 15) is 9.36 Å². The molecule has 5 nitrogen and oxygen atoms in total. The highest BCUT2D eigenvalue weighted by atomic mass is 31.2. The first-order chi connectivity index (χ1) is 7.02.